The van der Waals surface area contributed by atoms with Crippen LogP contribution in [0.25, 0.3) is 0 Å². The maximum atomic E-state index is 11.5. The zero-order valence-electron chi connectivity index (χ0n) is 8.60. The normalized spacial score (nSPS) is 21.3. The molecular formula is C10H14N4O. The van der Waals surface area contributed by atoms with Crippen LogP contribution in [0, 0.1) is 0 Å². The number of nitrogens with two attached hydrogens (primary N) is 1. The number of aromatic nitrogens is 1. The summed E-state index contributed by atoms with van der Waals surface area (Å²) in [5.41, 5.74) is 7.17. The number of nitrogen functional groups attached to an aromatic ring is 1. The molecule has 0 saturated carbocycles. The first-order valence-corrected chi connectivity index (χ1v) is 4.93. The van der Waals surface area contributed by atoms with Crippen LogP contribution in [-0.4, -0.2) is 30.0 Å². The van der Waals surface area contributed by atoms with Gasteiger partial charge in [-0.1, -0.05) is 0 Å². The Morgan fingerprint density at radius 2 is 2.40 bits per heavy atom. The van der Waals surface area contributed by atoms with Gasteiger partial charge in [-0.05, 0) is 13.0 Å². The third-order valence-electron chi connectivity index (χ3n) is 2.58. The van der Waals surface area contributed by atoms with Gasteiger partial charge >= 0.3 is 0 Å². The Balaban J connectivity index is 2.26. The molecule has 15 heavy (non-hydrogen) atoms. The molecule has 5 nitrogen and oxygen atoms in total. The molecule has 1 unspecified atom stereocenters. The first kappa shape index (κ1) is 9.76. The Morgan fingerprint density at radius 3 is 3.13 bits per heavy atom. The van der Waals surface area contributed by atoms with E-state index in [1.165, 1.54) is 0 Å². The lowest BCUT2D eigenvalue weighted by Gasteiger charge is -2.34. The lowest BCUT2D eigenvalue weighted by atomic mass is 10.2. The standard InChI is InChI=1S/C10H14N4O/c1-7-10(15)13-2-3-14(7)9-4-8(11)5-12-6-9/h4-7H,2-3,11H2,1H3,(H,13,15). The second-order valence-electron chi connectivity index (χ2n) is 3.64. The predicted octanol–water partition coefficient (Wildman–Crippen LogP) is -0.0115. The minimum atomic E-state index is -0.164. The van der Waals surface area contributed by atoms with E-state index in [0.29, 0.717) is 12.2 Å². The number of nitrogens with zero attached hydrogens (tertiary/aromatic N) is 2. The Morgan fingerprint density at radius 1 is 1.60 bits per heavy atom. The van der Waals surface area contributed by atoms with Crippen molar-refractivity contribution in [3.05, 3.63) is 18.5 Å². The van der Waals surface area contributed by atoms with Crippen LogP contribution in [0.3, 0.4) is 0 Å². The van der Waals surface area contributed by atoms with Gasteiger partial charge in [0.05, 0.1) is 17.6 Å². The molecule has 1 amide bonds. The van der Waals surface area contributed by atoms with Gasteiger partial charge in [-0.2, -0.15) is 0 Å². The summed E-state index contributed by atoms with van der Waals surface area (Å²) in [7, 11) is 0. The molecule has 80 valence electrons. The SMILES string of the molecule is CC1C(=O)NCCN1c1cncc(N)c1. The van der Waals surface area contributed by atoms with Crippen molar-refractivity contribution in [1.82, 2.24) is 10.3 Å². The fourth-order valence-electron chi connectivity index (χ4n) is 1.74. The van der Waals surface area contributed by atoms with E-state index in [4.69, 9.17) is 5.73 Å². The molecule has 1 aromatic heterocycles. The van der Waals surface area contributed by atoms with Crippen LogP contribution in [0.4, 0.5) is 11.4 Å². The number of carbonyl (C=O) groups excluding carboxylic acids is 1. The van der Waals surface area contributed by atoms with Crippen LogP contribution in [0.5, 0.6) is 0 Å². The zero-order chi connectivity index (χ0) is 10.8. The number of pyridine rings is 1. The Bertz CT molecular complexity index is 379. The Hall–Kier alpha value is -1.78. The highest BCUT2D eigenvalue weighted by Crippen LogP contribution is 2.19. The second kappa shape index (κ2) is 3.76. The molecule has 5 heteroatoms. The van der Waals surface area contributed by atoms with Crippen molar-refractivity contribution in [2.24, 2.45) is 0 Å². The van der Waals surface area contributed by atoms with E-state index in [1.807, 2.05) is 17.9 Å². The number of piperazine rings is 1. The summed E-state index contributed by atoms with van der Waals surface area (Å²) in [5.74, 6) is 0.0451. The predicted molar refractivity (Wildman–Crippen MR) is 58.5 cm³/mol. The molecule has 1 fully saturated rings. The van der Waals surface area contributed by atoms with Gasteiger partial charge < -0.3 is 16.0 Å². The summed E-state index contributed by atoms with van der Waals surface area (Å²) >= 11 is 0. The monoisotopic (exact) mass is 206 g/mol. The van der Waals surface area contributed by atoms with E-state index in [1.54, 1.807) is 12.4 Å². The molecule has 1 atom stereocenters. The van der Waals surface area contributed by atoms with Crippen molar-refractivity contribution in [2.75, 3.05) is 23.7 Å². The van der Waals surface area contributed by atoms with Gasteiger partial charge in [0.25, 0.3) is 0 Å². The smallest absolute Gasteiger partial charge is 0.242 e. The number of anilines is 2. The first-order valence-electron chi connectivity index (χ1n) is 4.93. The lowest BCUT2D eigenvalue weighted by molar-refractivity contribution is -0.122. The van der Waals surface area contributed by atoms with Gasteiger partial charge in [0.15, 0.2) is 0 Å². The lowest BCUT2D eigenvalue weighted by Crippen LogP contribution is -2.54. The van der Waals surface area contributed by atoms with Crippen LogP contribution >= 0.6 is 0 Å². The number of hydrogen-bond acceptors (Lipinski definition) is 4. The molecule has 1 saturated heterocycles. The van der Waals surface area contributed by atoms with Crippen molar-refractivity contribution in [3.8, 4) is 0 Å². The van der Waals surface area contributed by atoms with Gasteiger partial charge in [-0.15, -0.1) is 0 Å². The van der Waals surface area contributed by atoms with Crippen molar-refractivity contribution in [1.29, 1.82) is 0 Å². The molecule has 1 aromatic rings. The number of nitrogens with one attached hydrogen (secondary N) is 1. The molecule has 3 N–H and O–H groups in total. The summed E-state index contributed by atoms with van der Waals surface area (Å²) in [5, 5.41) is 2.81. The van der Waals surface area contributed by atoms with Gasteiger partial charge in [0.2, 0.25) is 5.91 Å². The molecule has 0 aromatic carbocycles. The van der Waals surface area contributed by atoms with Crippen molar-refractivity contribution < 1.29 is 4.79 Å². The van der Waals surface area contributed by atoms with Gasteiger partial charge in [0.1, 0.15) is 6.04 Å². The van der Waals surface area contributed by atoms with Gasteiger partial charge in [-0.3, -0.25) is 9.78 Å². The molecule has 1 aliphatic rings. The van der Waals surface area contributed by atoms with Crippen molar-refractivity contribution >= 4 is 17.3 Å². The van der Waals surface area contributed by atoms with E-state index in [-0.39, 0.29) is 11.9 Å². The number of carbonyl (C=O) groups is 1. The molecule has 0 bridgehead atoms. The maximum absolute atomic E-state index is 11.5. The minimum absolute atomic E-state index is 0.0451. The van der Waals surface area contributed by atoms with Crippen LogP contribution in [0.1, 0.15) is 6.92 Å². The van der Waals surface area contributed by atoms with E-state index >= 15 is 0 Å². The topological polar surface area (TPSA) is 71.2 Å². The summed E-state index contributed by atoms with van der Waals surface area (Å²) in [6.07, 6.45) is 3.32. The highest BCUT2D eigenvalue weighted by Gasteiger charge is 2.25. The molecule has 2 heterocycles. The summed E-state index contributed by atoms with van der Waals surface area (Å²) in [6, 6.07) is 1.67. The fraction of sp³-hybridized carbons (Fsp3) is 0.400. The molecule has 0 aliphatic carbocycles. The van der Waals surface area contributed by atoms with Crippen LogP contribution < -0.4 is 16.0 Å². The second-order valence-corrected chi connectivity index (χ2v) is 3.64. The van der Waals surface area contributed by atoms with Crippen molar-refractivity contribution in [3.63, 3.8) is 0 Å². The van der Waals surface area contributed by atoms with Crippen LogP contribution in [0.15, 0.2) is 18.5 Å². The Labute approximate surface area is 88.3 Å². The highest BCUT2D eigenvalue weighted by atomic mass is 16.2. The highest BCUT2D eigenvalue weighted by molar-refractivity contribution is 5.86. The van der Waals surface area contributed by atoms with E-state index in [2.05, 4.69) is 10.3 Å². The molecule has 0 spiro atoms. The third kappa shape index (κ3) is 1.86. The molecule has 1 aliphatic heterocycles. The van der Waals surface area contributed by atoms with Gasteiger partial charge in [0, 0.05) is 19.3 Å². The van der Waals surface area contributed by atoms with E-state index in [9.17, 15) is 4.79 Å². The number of rotatable bonds is 1. The average molecular weight is 206 g/mol. The fourth-order valence-corrected chi connectivity index (χ4v) is 1.74. The average Bonchev–Trinajstić information content (AvgIpc) is 2.22. The maximum Gasteiger partial charge on any atom is 0.242 e. The number of amides is 1. The largest absolute Gasteiger partial charge is 0.397 e. The molecule has 0 radical (unpaired) electrons. The molecular weight excluding hydrogens is 192 g/mol. The van der Waals surface area contributed by atoms with Crippen molar-refractivity contribution in [2.45, 2.75) is 13.0 Å². The van der Waals surface area contributed by atoms with Gasteiger partial charge in [-0.25, -0.2) is 0 Å². The van der Waals surface area contributed by atoms with E-state index < -0.39 is 0 Å². The quantitative estimate of drug-likeness (QED) is 0.678. The number of hydrogen-bond donors (Lipinski definition) is 2. The summed E-state index contributed by atoms with van der Waals surface area (Å²) in [6.45, 7) is 3.33. The first-order chi connectivity index (χ1) is 7.18. The van der Waals surface area contributed by atoms with Crippen LogP contribution in [-0.2, 0) is 4.79 Å². The Kier molecular flexibility index (Phi) is 2.45. The minimum Gasteiger partial charge on any atom is -0.397 e. The molecule has 2 rings (SSSR count). The van der Waals surface area contributed by atoms with Crippen LogP contribution in [0.2, 0.25) is 0 Å². The third-order valence-corrected chi connectivity index (χ3v) is 2.58. The summed E-state index contributed by atoms with van der Waals surface area (Å²) in [4.78, 5) is 17.5. The summed E-state index contributed by atoms with van der Waals surface area (Å²) < 4.78 is 0. The van der Waals surface area contributed by atoms with E-state index in [0.717, 1.165) is 12.2 Å². The zero-order valence-corrected chi connectivity index (χ0v) is 8.60.